The summed E-state index contributed by atoms with van der Waals surface area (Å²) in [5, 5.41) is 8.78. The first kappa shape index (κ1) is 17.4. The summed E-state index contributed by atoms with van der Waals surface area (Å²) in [6.07, 6.45) is 3.30. The van der Waals surface area contributed by atoms with E-state index < -0.39 is 0 Å². The topological polar surface area (TPSA) is 75.1 Å². The van der Waals surface area contributed by atoms with Crippen molar-refractivity contribution in [1.29, 1.82) is 0 Å². The predicted molar refractivity (Wildman–Crippen MR) is 100 cm³/mol. The molecule has 7 nitrogen and oxygen atoms in total. The van der Waals surface area contributed by atoms with Crippen molar-refractivity contribution < 1.29 is 4.79 Å². The van der Waals surface area contributed by atoms with Gasteiger partial charge in [0.25, 0.3) is 0 Å². The molecule has 1 amide bonds. The number of carbonyl (C=O) groups is 1. The van der Waals surface area contributed by atoms with Crippen LogP contribution >= 0.6 is 0 Å². The number of carbonyl (C=O) groups excluding carboxylic acids is 1. The molecule has 26 heavy (non-hydrogen) atoms. The van der Waals surface area contributed by atoms with Crippen LogP contribution in [0.25, 0.3) is 11.0 Å². The fourth-order valence-corrected chi connectivity index (χ4v) is 4.10. The number of hydrazine groups is 1. The minimum atomic E-state index is 0.112. The Morgan fingerprint density at radius 1 is 1.15 bits per heavy atom. The van der Waals surface area contributed by atoms with Crippen molar-refractivity contribution in [1.82, 2.24) is 30.7 Å². The smallest absolute Gasteiger partial charge is 0.246 e. The number of likely N-dealkylation sites (tertiary alicyclic amines) is 1. The highest BCUT2D eigenvalue weighted by molar-refractivity contribution is 5.77. The molecule has 0 aliphatic carbocycles. The van der Waals surface area contributed by atoms with E-state index >= 15 is 0 Å². The van der Waals surface area contributed by atoms with Gasteiger partial charge in [-0.2, -0.15) is 15.0 Å². The van der Waals surface area contributed by atoms with Gasteiger partial charge in [-0.05, 0) is 43.2 Å². The largest absolute Gasteiger partial charge is 0.341 e. The standard InChI is InChI=1S/C19H28N6O/c1-13(2)17-11-18(21-20-17)14-7-9-24(10-8-14)19(26)12-25-22-15-5-3-4-6-16(15)23-25/h3-6,13-14,17-18,20-21H,7-12H2,1-2H3. The van der Waals surface area contributed by atoms with Crippen LogP contribution in [0.15, 0.2) is 24.3 Å². The van der Waals surface area contributed by atoms with Crippen LogP contribution in [0.3, 0.4) is 0 Å². The van der Waals surface area contributed by atoms with Crippen molar-refractivity contribution in [2.75, 3.05) is 13.1 Å². The number of aromatic nitrogens is 3. The Bertz CT molecular complexity index is 731. The number of rotatable bonds is 4. The fourth-order valence-electron chi connectivity index (χ4n) is 4.10. The van der Waals surface area contributed by atoms with Crippen LogP contribution in [0.5, 0.6) is 0 Å². The maximum Gasteiger partial charge on any atom is 0.246 e. The molecule has 4 rings (SSSR count). The normalized spacial score (nSPS) is 24.7. The molecule has 0 radical (unpaired) electrons. The molecule has 2 fully saturated rings. The zero-order valence-electron chi connectivity index (χ0n) is 15.6. The molecule has 7 heteroatoms. The number of nitrogens with one attached hydrogen (secondary N) is 2. The van der Waals surface area contributed by atoms with E-state index in [-0.39, 0.29) is 12.5 Å². The molecule has 2 unspecified atom stereocenters. The molecule has 0 bridgehead atoms. The zero-order chi connectivity index (χ0) is 18.1. The third-order valence-corrected chi connectivity index (χ3v) is 5.83. The predicted octanol–water partition coefficient (Wildman–Crippen LogP) is 1.56. The lowest BCUT2D eigenvalue weighted by atomic mass is 9.85. The molecule has 2 N–H and O–H groups in total. The van der Waals surface area contributed by atoms with Crippen molar-refractivity contribution in [3.63, 3.8) is 0 Å². The minimum Gasteiger partial charge on any atom is -0.341 e. The van der Waals surface area contributed by atoms with Gasteiger partial charge in [-0.15, -0.1) is 0 Å². The molecular formula is C19H28N6O. The first-order valence-corrected chi connectivity index (χ1v) is 9.69. The van der Waals surface area contributed by atoms with Crippen LogP contribution in [0.2, 0.25) is 0 Å². The van der Waals surface area contributed by atoms with Crippen molar-refractivity contribution in [2.24, 2.45) is 11.8 Å². The Labute approximate surface area is 154 Å². The lowest BCUT2D eigenvalue weighted by Gasteiger charge is -2.34. The molecule has 3 heterocycles. The molecule has 2 saturated heterocycles. The summed E-state index contributed by atoms with van der Waals surface area (Å²) in [4.78, 5) is 16.1. The maximum absolute atomic E-state index is 12.6. The highest BCUT2D eigenvalue weighted by Gasteiger charge is 2.34. The average molecular weight is 356 g/mol. The van der Waals surface area contributed by atoms with Gasteiger partial charge >= 0.3 is 0 Å². The minimum absolute atomic E-state index is 0.112. The second kappa shape index (κ2) is 7.32. The molecule has 0 spiro atoms. The Morgan fingerprint density at radius 2 is 1.81 bits per heavy atom. The number of piperidine rings is 1. The Morgan fingerprint density at radius 3 is 2.38 bits per heavy atom. The van der Waals surface area contributed by atoms with Crippen LogP contribution in [0, 0.1) is 11.8 Å². The SMILES string of the molecule is CC(C)C1CC(C2CCN(C(=O)Cn3nc4ccccc4n3)CC2)NN1. The van der Waals surface area contributed by atoms with Crippen LogP contribution in [-0.4, -0.2) is 51.0 Å². The third kappa shape index (κ3) is 3.59. The van der Waals surface area contributed by atoms with Gasteiger partial charge < -0.3 is 4.90 Å². The average Bonchev–Trinajstić information content (AvgIpc) is 3.28. The van der Waals surface area contributed by atoms with E-state index in [1.807, 2.05) is 29.2 Å². The third-order valence-electron chi connectivity index (χ3n) is 5.83. The molecule has 2 aliphatic heterocycles. The van der Waals surface area contributed by atoms with Crippen LogP contribution in [0.1, 0.15) is 33.1 Å². The Kier molecular flexibility index (Phi) is 4.91. The number of fused-ring (bicyclic) bond motifs is 1. The summed E-state index contributed by atoms with van der Waals surface area (Å²) >= 11 is 0. The summed E-state index contributed by atoms with van der Waals surface area (Å²) in [6.45, 7) is 6.40. The van der Waals surface area contributed by atoms with Crippen LogP contribution in [-0.2, 0) is 11.3 Å². The Hall–Kier alpha value is -1.99. The van der Waals surface area contributed by atoms with Crippen molar-refractivity contribution in [2.45, 2.75) is 51.7 Å². The number of hydrogen-bond acceptors (Lipinski definition) is 5. The molecule has 1 aromatic heterocycles. The first-order valence-electron chi connectivity index (χ1n) is 9.69. The van der Waals surface area contributed by atoms with E-state index in [0.717, 1.165) is 37.0 Å². The summed E-state index contributed by atoms with van der Waals surface area (Å²) in [5.41, 5.74) is 8.58. The van der Waals surface area contributed by atoms with E-state index in [0.29, 0.717) is 23.9 Å². The second-order valence-corrected chi connectivity index (χ2v) is 7.92. The summed E-state index contributed by atoms with van der Waals surface area (Å²) < 4.78 is 0. The molecule has 140 valence electrons. The van der Waals surface area contributed by atoms with Crippen molar-refractivity contribution >= 4 is 16.9 Å². The lowest BCUT2D eigenvalue weighted by molar-refractivity contribution is -0.133. The molecular weight excluding hydrogens is 328 g/mol. The Balaban J connectivity index is 1.29. The van der Waals surface area contributed by atoms with Gasteiger partial charge in [0.05, 0.1) is 0 Å². The molecule has 2 aliphatic rings. The highest BCUT2D eigenvalue weighted by atomic mass is 16.2. The van der Waals surface area contributed by atoms with Crippen molar-refractivity contribution in [3.05, 3.63) is 24.3 Å². The quantitative estimate of drug-likeness (QED) is 0.870. The highest BCUT2D eigenvalue weighted by Crippen LogP contribution is 2.27. The van der Waals surface area contributed by atoms with Gasteiger partial charge in [0.15, 0.2) is 0 Å². The lowest BCUT2D eigenvalue weighted by Crippen LogP contribution is -2.45. The number of nitrogens with zero attached hydrogens (tertiary/aromatic N) is 4. The van der Waals surface area contributed by atoms with E-state index in [2.05, 4.69) is 34.9 Å². The maximum atomic E-state index is 12.6. The van der Waals surface area contributed by atoms with Gasteiger partial charge in [-0.3, -0.25) is 15.6 Å². The van der Waals surface area contributed by atoms with Gasteiger partial charge in [0.2, 0.25) is 5.91 Å². The van der Waals surface area contributed by atoms with Gasteiger partial charge in [-0.1, -0.05) is 26.0 Å². The van der Waals surface area contributed by atoms with Gasteiger partial charge in [0, 0.05) is 25.2 Å². The monoisotopic (exact) mass is 356 g/mol. The molecule has 2 atom stereocenters. The van der Waals surface area contributed by atoms with E-state index in [9.17, 15) is 4.79 Å². The van der Waals surface area contributed by atoms with Gasteiger partial charge in [0.1, 0.15) is 17.6 Å². The summed E-state index contributed by atoms with van der Waals surface area (Å²) in [6, 6.07) is 8.79. The van der Waals surface area contributed by atoms with Crippen molar-refractivity contribution in [3.8, 4) is 0 Å². The van der Waals surface area contributed by atoms with E-state index in [1.165, 1.54) is 11.2 Å². The first-order chi connectivity index (χ1) is 12.6. The van der Waals surface area contributed by atoms with E-state index in [4.69, 9.17) is 0 Å². The van der Waals surface area contributed by atoms with E-state index in [1.54, 1.807) is 0 Å². The van der Waals surface area contributed by atoms with Gasteiger partial charge in [-0.25, -0.2) is 0 Å². The molecule has 0 saturated carbocycles. The second-order valence-electron chi connectivity index (χ2n) is 7.92. The molecule has 2 aromatic rings. The number of benzene rings is 1. The molecule has 1 aromatic carbocycles. The summed E-state index contributed by atoms with van der Waals surface area (Å²) in [7, 11) is 0. The van der Waals surface area contributed by atoms with Crippen LogP contribution in [0.4, 0.5) is 0 Å². The van der Waals surface area contributed by atoms with Crippen LogP contribution < -0.4 is 10.9 Å². The number of hydrogen-bond donors (Lipinski definition) is 2. The fraction of sp³-hybridized carbons (Fsp3) is 0.632. The zero-order valence-corrected chi connectivity index (χ0v) is 15.6. The number of amides is 1. The summed E-state index contributed by atoms with van der Waals surface area (Å²) in [5.74, 6) is 1.40.